The van der Waals surface area contributed by atoms with Crippen LogP contribution in [0.4, 0.5) is 0 Å². The Kier molecular flexibility index (Phi) is 4.01. The minimum absolute atomic E-state index is 0.171. The van der Waals surface area contributed by atoms with Gasteiger partial charge in [-0.3, -0.25) is 9.78 Å². The van der Waals surface area contributed by atoms with Crippen molar-refractivity contribution in [3.63, 3.8) is 0 Å². The molecule has 0 radical (unpaired) electrons. The Morgan fingerprint density at radius 3 is 2.68 bits per heavy atom. The number of hydrogen-bond acceptors (Lipinski definition) is 3. The molecule has 4 heteroatoms. The van der Waals surface area contributed by atoms with E-state index in [2.05, 4.69) is 16.4 Å². The Morgan fingerprint density at radius 2 is 1.91 bits per heavy atom. The summed E-state index contributed by atoms with van der Waals surface area (Å²) in [5.41, 5.74) is 1.47. The van der Waals surface area contributed by atoms with Crippen LogP contribution in [0.25, 0.3) is 10.8 Å². The number of hydrogen-bond donors (Lipinski definition) is 1. The number of fused-ring (bicyclic) bond motifs is 1. The van der Waals surface area contributed by atoms with E-state index in [0.717, 1.165) is 22.1 Å². The van der Waals surface area contributed by atoms with E-state index in [1.807, 2.05) is 30.3 Å². The first-order valence-corrected chi connectivity index (χ1v) is 7.02. The topological polar surface area (TPSA) is 51.2 Å². The first-order valence-electron chi connectivity index (χ1n) is 7.02. The second-order valence-electron chi connectivity index (χ2n) is 4.95. The maximum atomic E-state index is 12.0. The molecule has 4 nitrogen and oxygen atoms in total. The van der Waals surface area contributed by atoms with Crippen LogP contribution in [-0.2, 0) is 6.54 Å². The highest BCUT2D eigenvalue weighted by atomic mass is 16.5. The molecule has 22 heavy (non-hydrogen) atoms. The second-order valence-corrected chi connectivity index (χ2v) is 4.95. The third-order valence-corrected chi connectivity index (χ3v) is 3.46. The highest BCUT2D eigenvalue weighted by Gasteiger charge is 2.06. The van der Waals surface area contributed by atoms with Crippen LogP contribution in [0.15, 0.2) is 60.8 Å². The van der Waals surface area contributed by atoms with Crippen LogP contribution >= 0.6 is 0 Å². The molecule has 0 fully saturated rings. The lowest BCUT2D eigenvalue weighted by Crippen LogP contribution is -2.23. The lowest BCUT2D eigenvalue weighted by atomic mass is 10.1. The Morgan fingerprint density at radius 1 is 1.09 bits per heavy atom. The van der Waals surface area contributed by atoms with Gasteiger partial charge in [0.1, 0.15) is 11.4 Å². The summed E-state index contributed by atoms with van der Waals surface area (Å²) >= 11 is 0. The highest BCUT2D eigenvalue weighted by molar-refractivity contribution is 5.92. The average molecular weight is 292 g/mol. The molecule has 1 aromatic heterocycles. The van der Waals surface area contributed by atoms with Crippen molar-refractivity contribution in [2.24, 2.45) is 0 Å². The number of ether oxygens (including phenoxy) is 1. The number of carbonyl (C=O) groups excluding carboxylic acids is 1. The summed E-state index contributed by atoms with van der Waals surface area (Å²) in [6.45, 7) is 0.470. The van der Waals surface area contributed by atoms with Crippen LogP contribution in [0.2, 0.25) is 0 Å². The first kappa shape index (κ1) is 14.1. The molecule has 1 heterocycles. The molecule has 0 saturated heterocycles. The zero-order valence-corrected chi connectivity index (χ0v) is 12.2. The maximum absolute atomic E-state index is 12.0. The van der Waals surface area contributed by atoms with Crippen molar-refractivity contribution in [2.75, 3.05) is 7.11 Å². The van der Waals surface area contributed by atoms with E-state index in [9.17, 15) is 4.79 Å². The number of carbonyl (C=O) groups is 1. The van der Waals surface area contributed by atoms with Crippen molar-refractivity contribution in [2.45, 2.75) is 6.54 Å². The summed E-state index contributed by atoms with van der Waals surface area (Å²) in [4.78, 5) is 16.0. The van der Waals surface area contributed by atoms with Gasteiger partial charge in [0.25, 0.3) is 5.91 Å². The molecule has 3 rings (SSSR count). The summed E-state index contributed by atoms with van der Waals surface area (Å²) in [7, 11) is 1.66. The third kappa shape index (κ3) is 3.06. The lowest BCUT2D eigenvalue weighted by Gasteiger charge is -2.07. The molecule has 0 aliphatic carbocycles. The van der Waals surface area contributed by atoms with E-state index in [4.69, 9.17) is 4.74 Å². The molecule has 0 aliphatic rings. The summed E-state index contributed by atoms with van der Waals surface area (Å²) in [6, 6.07) is 17.3. The summed E-state index contributed by atoms with van der Waals surface area (Å²) in [5, 5.41) is 5.10. The molecule has 3 aromatic rings. The molecule has 0 aliphatic heterocycles. The summed E-state index contributed by atoms with van der Waals surface area (Å²) in [6.07, 6.45) is 1.61. The molecule has 110 valence electrons. The molecule has 0 atom stereocenters. The fourth-order valence-electron chi connectivity index (χ4n) is 2.28. The number of benzene rings is 2. The van der Waals surface area contributed by atoms with Gasteiger partial charge in [0.05, 0.1) is 7.11 Å². The van der Waals surface area contributed by atoms with Crippen LogP contribution in [0.5, 0.6) is 5.75 Å². The monoisotopic (exact) mass is 292 g/mol. The van der Waals surface area contributed by atoms with Gasteiger partial charge >= 0.3 is 0 Å². The largest absolute Gasteiger partial charge is 0.497 e. The molecule has 0 unspecified atom stereocenters. The molecule has 0 bridgehead atoms. The molecule has 1 N–H and O–H groups in total. The van der Waals surface area contributed by atoms with Gasteiger partial charge in [-0.05, 0) is 46.7 Å². The number of aromatic nitrogens is 1. The normalized spacial score (nSPS) is 10.4. The minimum atomic E-state index is -0.171. The van der Waals surface area contributed by atoms with Crippen LogP contribution in [0.1, 0.15) is 16.1 Å². The van der Waals surface area contributed by atoms with Crippen molar-refractivity contribution in [3.8, 4) is 5.75 Å². The van der Waals surface area contributed by atoms with Crippen LogP contribution < -0.4 is 10.1 Å². The second kappa shape index (κ2) is 6.26. The van der Waals surface area contributed by atoms with Crippen molar-refractivity contribution in [1.82, 2.24) is 10.3 Å². The number of amides is 1. The molecular weight excluding hydrogens is 276 g/mol. The van der Waals surface area contributed by atoms with Crippen LogP contribution in [0.3, 0.4) is 0 Å². The molecule has 0 saturated carbocycles. The van der Waals surface area contributed by atoms with Crippen molar-refractivity contribution in [3.05, 3.63) is 72.1 Å². The van der Waals surface area contributed by atoms with Gasteiger partial charge < -0.3 is 10.1 Å². The predicted octanol–water partition coefficient (Wildman–Crippen LogP) is 3.17. The first-order chi connectivity index (χ1) is 10.8. The molecule has 0 spiro atoms. The van der Waals surface area contributed by atoms with E-state index in [-0.39, 0.29) is 5.91 Å². The van der Waals surface area contributed by atoms with Crippen LogP contribution in [-0.4, -0.2) is 18.0 Å². The van der Waals surface area contributed by atoms with E-state index in [1.54, 1.807) is 31.5 Å². The lowest BCUT2D eigenvalue weighted by molar-refractivity contribution is 0.0946. The standard InChI is InChI=1S/C18H16N2O2/c1-22-16-8-7-14-10-13(5-6-15(14)11-16)12-20-18(21)17-4-2-3-9-19-17/h2-11H,12H2,1H3,(H,20,21). The number of nitrogens with zero attached hydrogens (tertiary/aromatic N) is 1. The number of pyridine rings is 1. The Bertz CT molecular complexity index is 801. The fraction of sp³-hybridized carbons (Fsp3) is 0.111. The third-order valence-electron chi connectivity index (χ3n) is 3.46. The van der Waals surface area contributed by atoms with E-state index in [1.165, 1.54) is 0 Å². The van der Waals surface area contributed by atoms with E-state index >= 15 is 0 Å². The van der Waals surface area contributed by atoms with Crippen LogP contribution in [0, 0.1) is 0 Å². The van der Waals surface area contributed by atoms with Crippen molar-refractivity contribution >= 4 is 16.7 Å². The molecular formula is C18H16N2O2. The SMILES string of the molecule is COc1ccc2cc(CNC(=O)c3ccccn3)ccc2c1. The Hall–Kier alpha value is -2.88. The van der Waals surface area contributed by atoms with Crippen molar-refractivity contribution < 1.29 is 9.53 Å². The summed E-state index contributed by atoms with van der Waals surface area (Å²) < 4.78 is 5.22. The van der Waals surface area contributed by atoms with E-state index in [0.29, 0.717) is 12.2 Å². The molecule has 1 amide bonds. The van der Waals surface area contributed by atoms with Gasteiger partial charge in [0.2, 0.25) is 0 Å². The van der Waals surface area contributed by atoms with E-state index < -0.39 is 0 Å². The zero-order valence-electron chi connectivity index (χ0n) is 12.2. The van der Waals surface area contributed by atoms with Crippen molar-refractivity contribution in [1.29, 1.82) is 0 Å². The van der Waals surface area contributed by atoms with Gasteiger partial charge in [0.15, 0.2) is 0 Å². The Balaban J connectivity index is 1.73. The van der Waals surface area contributed by atoms with Gasteiger partial charge in [-0.2, -0.15) is 0 Å². The average Bonchev–Trinajstić information content (AvgIpc) is 2.59. The number of rotatable bonds is 4. The fourth-order valence-corrected chi connectivity index (χ4v) is 2.28. The number of methoxy groups -OCH3 is 1. The highest BCUT2D eigenvalue weighted by Crippen LogP contribution is 2.21. The minimum Gasteiger partial charge on any atom is -0.497 e. The van der Waals surface area contributed by atoms with Gasteiger partial charge in [-0.25, -0.2) is 0 Å². The van der Waals surface area contributed by atoms with Gasteiger partial charge in [-0.15, -0.1) is 0 Å². The smallest absolute Gasteiger partial charge is 0.270 e. The Labute approximate surface area is 128 Å². The zero-order chi connectivity index (χ0) is 15.4. The number of nitrogens with one attached hydrogen (secondary N) is 1. The predicted molar refractivity (Wildman–Crippen MR) is 85.9 cm³/mol. The maximum Gasteiger partial charge on any atom is 0.270 e. The van der Waals surface area contributed by atoms with Gasteiger partial charge in [-0.1, -0.05) is 24.3 Å². The molecule has 2 aromatic carbocycles. The summed E-state index contributed by atoms with van der Waals surface area (Å²) in [5.74, 6) is 0.666. The van der Waals surface area contributed by atoms with Gasteiger partial charge in [0, 0.05) is 12.7 Å². The quantitative estimate of drug-likeness (QED) is 0.803.